The summed E-state index contributed by atoms with van der Waals surface area (Å²) >= 11 is 0. The summed E-state index contributed by atoms with van der Waals surface area (Å²) in [4.78, 5) is 7.24. The van der Waals surface area contributed by atoms with E-state index in [1.54, 1.807) is 0 Å². The van der Waals surface area contributed by atoms with E-state index in [0.717, 1.165) is 49.9 Å². The Kier molecular flexibility index (Phi) is 6.80. The van der Waals surface area contributed by atoms with Crippen molar-refractivity contribution < 1.29 is 4.42 Å². The molecule has 0 radical (unpaired) electrons. The van der Waals surface area contributed by atoms with Gasteiger partial charge in [0, 0.05) is 16.6 Å². The van der Waals surface area contributed by atoms with Crippen molar-refractivity contribution in [3.05, 3.63) is 182 Å². The first-order chi connectivity index (χ1) is 23.8. The van der Waals surface area contributed by atoms with E-state index in [-0.39, 0.29) is 0 Å². The van der Waals surface area contributed by atoms with E-state index < -0.39 is 0 Å². The highest BCUT2D eigenvalue weighted by Gasteiger charge is 2.21. The summed E-state index contributed by atoms with van der Waals surface area (Å²) in [6.07, 6.45) is 1.93. The molecule has 9 aromatic rings. The standard InChI is InChI=1S/C45H30N2O/c1-4-12-31(13-5-1)33-20-24-37(25-21-33)47(38-29-41-44-39-19-11-10-18-35(39)23-27-43(44)48-45(41)46-30-38)42-26-22-36(32-14-6-2-7-15-32)28-40(42)34-16-8-3-9-17-34/h1-30H. The number of benzene rings is 7. The molecule has 0 bridgehead atoms. The van der Waals surface area contributed by atoms with Gasteiger partial charge in [-0.25, -0.2) is 4.98 Å². The Bertz CT molecular complexity index is 2540. The van der Waals surface area contributed by atoms with Crippen LogP contribution >= 0.6 is 0 Å². The summed E-state index contributed by atoms with van der Waals surface area (Å²) in [5.41, 5.74) is 11.5. The minimum absolute atomic E-state index is 0.632. The van der Waals surface area contributed by atoms with Gasteiger partial charge in [-0.2, -0.15) is 0 Å². The third-order valence-corrected chi connectivity index (χ3v) is 9.12. The molecule has 0 amide bonds. The number of rotatable bonds is 6. The molecular weight excluding hydrogens is 585 g/mol. The molecule has 48 heavy (non-hydrogen) atoms. The number of fused-ring (bicyclic) bond motifs is 5. The molecular formula is C45H30N2O. The lowest BCUT2D eigenvalue weighted by molar-refractivity contribution is 0.654. The molecule has 0 saturated heterocycles. The molecule has 2 heterocycles. The summed E-state index contributed by atoms with van der Waals surface area (Å²) < 4.78 is 6.30. The highest BCUT2D eigenvalue weighted by atomic mass is 16.3. The maximum absolute atomic E-state index is 6.30. The molecule has 0 aliphatic carbocycles. The molecule has 3 nitrogen and oxygen atoms in total. The van der Waals surface area contributed by atoms with Gasteiger partial charge >= 0.3 is 0 Å². The van der Waals surface area contributed by atoms with Gasteiger partial charge in [-0.05, 0) is 75.0 Å². The fourth-order valence-electron chi connectivity index (χ4n) is 6.79. The van der Waals surface area contributed by atoms with Gasteiger partial charge in [0.25, 0.3) is 0 Å². The SMILES string of the molecule is c1ccc(-c2ccc(N(c3cnc4oc5ccc6ccccc6c5c4c3)c3ccc(-c4ccccc4)cc3-c3ccccc3)cc2)cc1. The van der Waals surface area contributed by atoms with Crippen LogP contribution in [0.4, 0.5) is 17.1 Å². The van der Waals surface area contributed by atoms with Crippen molar-refractivity contribution in [2.45, 2.75) is 0 Å². The molecule has 9 rings (SSSR count). The third kappa shape index (κ3) is 4.90. The van der Waals surface area contributed by atoms with Crippen molar-refractivity contribution in [3.8, 4) is 33.4 Å². The van der Waals surface area contributed by atoms with Gasteiger partial charge in [-0.3, -0.25) is 0 Å². The topological polar surface area (TPSA) is 29.3 Å². The quantitative estimate of drug-likeness (QED) is 0.187. The summed E-state index contributed by atoms with van der Waals surface area (Å²) in [6, 6.07) is 62.1. The average molecular weight is 615 g/mol. The second-order valence-corrected chi connectivity index (χ2v) is 12.0. The van der Waals surface area contributed by atoms with Gasteiger partial charge in [-0.15, -0.1) is 0 Å². The molecule has 0 spiro atoms. The Morgan fingerprint density at radius 2 is 1.04 bits per heavy atom. The third-order valence-electron chi connectivity index (χ3n) is 9.12. The summed E-state index contributed by atoms with van der Waals surface area (Å²) in [6.45, 7) is 0. The maximum Gasteiger partial charge on any atom is 0.227 e. The molecule has 0 saturated carbocycles. The number of furan rings is 1. The van der Waals surface area contributed by atoms with Crippen LogP contribution in [-0.2, 0) is 0 Å². The Hall–Kier alpha value is -6.45. The van der Waals surface area contributed by atoms with Crippen molar-refractivity contribution >= 4 is 49.9 Å². The number of nitrogens with zero attached hydrogens (tertiary/aromatic N) is 2. The predicted molar refractivity (Wildman–Crippen MR) is 200 cm³/mol. The molecule has 0 unspecified atom stereocenters. The minimum atomic E-state index is 0.632. The minimum Gasteiger partial charge on any atom is -0.438 e. The van der Waals surface area contributed by atoms with Crippen LogP contribution < -0.4 is 4.90 Å². The van der Waals surface area contributed by atoms with Crippen LogP contribution in [0.5, 0.6) is 0 Å². The van der Waals surface area contributed by atoms with Crippen LogP contribution in [0, 0.1) is 0 Å². The van der Waals surface area contributed by atoms with E-state index in [1.807, 2.05) is 6.20 Å². The molecule has 0 N–H and O–H groups in total. The lowest BCUT2D eigenvalue weighted by Gasteiger charge is -2.28. The lowest BCUT2D eigenvalue weighted by atomic mass is 9.96. The first-order valence-electron chi connectivity index (χ1n) is 16.2. The Morgan fingerprint density at radius 3 is 1.77 bits per heavy atom. The number of anilines is 3. The molecule has 7 aromatic carbocycles. The normalized spacial score (nSPS) is 11.3. The monoisotopic (exact) mass is 614 g/mol. The summed E-state index contributed by atoms with van der Waals surface area (Å²) in [5.74, 6) is 0. The molecule has 0 atom stereocenters. The second-order valence-electron chi connectivity index (χ2n) is 12.0. The average Bonchev–Trinajstić information content (AvgIpc) is 3.55. The molecule has 0 aliphatic rings. The highest BCUT2D eigenvalue weighted by molar-refractivity contribution is 6.18. The number of pyridine rings is 1. The Morgan fingerprint density at radius 1 is 0.438 bits per heavy atom. The molecule has 2 aromatic heterocycles. The van der Waals surface area contributed by atoms with Gasteiger partial charge in [0.1, 0.15) is 5.58 Å². The molecule has 0 fully saturated rings. The van der Waals surface area contributed by atoms with Crippen LogP contribution in [0.2, 0.25) is 0 Å². The lowest BCUT2D eigenvalue weighted by Crippen LogP contribution is -2.11. The van der Waals surface area contributed by atoms with Crippen LogP contribution in [0.3, 0.4) is 0 Å². The molecule has 0 aliphatic heterocycles. The van der Waals surface area contributed by atoms with E-state index in [0.29, 0.717) is 5.71 Å². The highest BCUT2D eigenvalue weighted by Crippen LogP contribution is 2.44. The Labute approximate surface area is 279 Å². The van der Waals surface area contributed by atoms with Crippen LogP contribution in [0.1, 0.15) is 0 Å². The smallest absolute Gasteiger partial charge is 0.227 e. The maximum atomic E-state index is 6.30. The van der Waals surface area contributed by atoms with Crippen molar-refractivity contribution in [1.82, 2.24) is 4.98 Å². The predicted octanol–water partition coefficient (Wildman–Crippen LogP) is 12.6. The fourth-order valence-corrected chi connectivity index (χ4v) is 6.79. The van der Waals surface area contributed by atoms with Gasteiger partial charge in [0.05, 0.1) is 23.0 Å². The second kappa shape index (κ2) is 11.7. The fraction of sp³-hybridized carbons (Fsp3) is 0. The number of aromatic nitrogens is 1. The largest absolute Gasteiger partial charge is 0.438 e. The van der Waals surface area contributed by atoms with Crippen molar-refractivity contribution in [1.29, 1.82) is 0 Å². The van der Waals surface area contributed by atoms with Crippen molar-refractivity contribution in [2.24, 2.45) is 0 Å². The first kappa shape index (κ1) is 27.8. The summed E-state index contributed by atoms with van der Waals surface area (Å²) in [7, 11) is 0. The number of hydrogen-bond acceptors (Lipinski definition) is 3. The first-order valence-corrected chi connectivity index (χ1v) is 16.2. The molecule has 226 valence electrons. The zero-order chi connectivity index (χ0) is 31.9. The van der Waals surface area contributed by atoms with Crippen LogP contribution in [0.25, 0.3) is 66.2 Å². The zero-order valence-corrected chi connectivity index (χ0v) is 26.1. The van der Waals surface area contributed by atoms with E-state index in [9.17, 15) is 0 Å². The van der Waals surface area contributed by atoms with Crippen molar-refractivity contribution in [2.75, 3.05) is 4.90 Å². The van der Waals surface area contributed by atoms with Gasteiger partial charge in [-0.1, -0.05) is 140 Å². The van der Waals surface area contributed by atoms with E-state index in [1.165, 1.54) is 27.6 Å². The number of hydrogen-bond donors (Lipinski definition) is 0. The van der Waals surface area contributed by atoms with Crippen LogP contribution in [-0.4, -0.2) is 4.98 Å². The van der Waals surface area contributed by atoms with Gasteiger partial charge < -0.3 is 9.32 Å². The van der Waals surface area contributed by atoms with E-state index in [2.05, 4.69) is 181 Å². The Balaban J connectivity index is 1.29. The van der Waals surface area contributed by atoms with Crippen LogP contribution in [0.15, 0.2) is 187 Å². The van der Waals surface area contributed by atoms with E-state index in [4.69, 9.17) is 9.40 Å². The van der Waals surface area contributed by atoms with Gasteiger partial charge in [0.2, 0.25) is 5.71 Å². The van der Waals surface area contributed by atoms with E-state index >= 15 is 0 Å². The van der Waals surface area contributed by atoms with Crippen molar-refractivity contribution in [3.63, 3.8) is 0 Å². The zero-order valence-electron chi connectivity index (χ0n) is 26.1. The summed E-state index contributed by atoms with van der Waals surface area (Å²) in [5, 5.41) is 4.41. The molecule has 3 heteroatoms. The van der Waals surface area contributed by atoms with Gasteiger partial charge in [0.15, 0.2) is 0 Å².